The minimum Gasteiger partial charge on any atom is -0.872 e. The van der Waals surface area contributed by atoms with Gasteiger partial charge in [0.15, 0.2) is 0 Å². The molecule has 15 heavy (non-hydrogen) atoms. The van der Waals surface area contributed by atoms with E-state index in [0.29, 0.717) is 0 Å². The Bertz CT molecular complexity index is 402. The largest absolute Gasteiger partial charge is 0.872 e. The second-order valence-electron chi connectivity index (χ2n) is 4.01. The highest BCUT2D eigenvalue weighted by atomic mass is 16.3. The van der Waals surface area contributed by atoms with E-state index in [1.807, 2.05) is 27.7 Å². The van der Waals surface area contributed by atoms with E-state index in [9.17, 15) is 5.11 Å². The van der Waals surface area contributed by atoms with Crippen LogP contribution in [0.4, 0.5) is 0 Å². The maximum Gasteiger partial charge on any atom is 0.0382 e. The van der Waals surface area contributed by atoms with Gasteiger partial charge in [0.05, 0.1) is 0 Å². The van der Waals surface area contributed by atoms with E-state index in [1.165, 1.54) is 5.56 Å². The zero-order valence-electron chi connectivity index (χ0n) is 10.4. The SMILES string of the molecule is CN=C(C)c1c(C)c(C)c(C)c(C)c1[O-]. The van der Waals surface area contributed by atoms with Crippen molar-refractivity contribution in [1.82, 2.24) is 0 Å². The minimum atomic E-state index is 0.124. The van der Waals surface area contributed by atoms with Gasteiger partial charge in [-0.3, -0.25) is 4.99 Å². The molecule has 0 aromatic heterocycles. The quantitative estimate of drug-likeness (QED) is 0.647. The van der Waals surface area contributed by atoms with Crippen LogP contribution in [0, 0.1) is 27.7 Å². The molecule has 0 saturated heterocycles. The molecule has 2 heteroatoms. The van der Waals surface area contributed by atoms with Crippen molar-refractivity contribution in [1.29, 1.82) is 0 Å². The lowest BCUT2D eigenvalue weighted by Crippen LogP contribution is -2.10. The van der Waals surface area contributed by atoms with Crippen LogP contribution in [0.25, 0.3) is 0 Å². The average Bonchev–Trinajstić information content (AvgIpc) is 2.23. The molecule has 2 nitrogen and oxygen atoms in total. The van der Waals surface area contributed by atoms with Crippen molar-refractivity contribution >= 4 is 5.71 Å². The molecule has 0 radical (unpaired) electrons. The van der Waals surface area contributed by atoms with E-state index in [2.05, 4.69) is 11.9 Å². The van der Waals surface area contributed by atoms with Crippen LogP contribution in [0.3, 0.4) is 0 Å². The summed E-state index contributed by atoms with van der Waals surface area (Å²) in [5, 5.41) is 12.1. The number of benzene rings is 1. The summed E-state index contributed by atoms with van der Waals surface area (Å²) in [6.07, 6.45) is 0. The molecule has 0 aliphatic heterocycles. The Hall–Kier alpha value is -1.31. The molecule has 0 aliphatic rings. The van der Waals surface area contributed by atoms with E-state index in [-0.39, 0.29) is 5.75 Å². The van der Waals surface area contributed by atoms with Gasteiger partial charge in [0, 0.05) is 12.8 Å². The topological polar surface area (TPSA) is 35.4 Å². The first-order chi connectivity index (χ1) is 6.91. The predicted molar refractivity (Wildman–Crippen MR) is 63.0 cm³/mol. The van der Waals surface area contributed by atoms with E-state index in [0.717, 1.165) is 28.0 Å². The Balaban J connectivity index is 3.67. The maximum absolute atomic E-state index is 12.1. The molecular formula is C13H18NO-. The van der Waals surface area contributed by atoms with Crippen molar-refractivity contribution < 1.29 is 5.11 Å². The van der Waals surface area contributed by atoms with Gasteiger partial charge in [0.1, 0.15) is 0 Å². The third-order valence-corrected chi connectivity index (χ3v) is 3.33. The monoisotopic (exact) mass is 204 g/mol. The van der Waals surface area contributed by atoms with Crippen LogP contribution in [0.5, 0.6) is 5.75 Å². The summed E-state index contributed by atoms with van der Waals surface area (Å²) >= 11 is 0. The summed E-state index contributed by atoms with van der Waals surface area (Å²) in [5.74, 6) is 0.124. The molecule has 1 rings (SSSR count). The van der Waals surface area contributed by atoms with Gasteiger partial charge in [-0.25, -0.2) is 0 Å². The van der Waals surface area contributed by atoms with Gasteiger partial charge in [-0.05, 0) is 56.9 Å². The van der Waals surface area contributed by atoms with Crippen molar-refractivity contribution in [2.24, 2.45) is 4.99 Å². The second kappa shape index (κ2) is 4.05. The first-order valence-electron chi connectivity index (χ1n) is 5.12. The molecular weight excluding hydrogens is 186 g/mol. The summed E-state index contributed by atoms with van der Waals surface area (Å²) < 4.78 is 0. The number of nitrogens with zero attached hydrogens (tertiary/aromatic N) is 1. The normalized spacial score (nSPS) is 12.0. The Kier molecular flexibility index (Phi) is 3.18. The van der Waals surface area contributed by atoms with Crippen LogP contribution >= 0.6 is 0 Å². The fourth-order valence-corrected chi connectivity index (χ4v) is 1.83. The number of rotatable bonds is 1. The van der Waals surface area contributed by atoms with Gasteiger partial charge in [-0.15, -0.1) is 0 Å². The van der Waals surface area contributed by atoms with Crippen LogP contribution in [-0.2, 0) is 0 Å². The smallest absolute Gasteiger partial charge is 0.0382 e. The highest BCUT2D eigenvalue weighted by molar-refractivity contribution is 6.03. The molecule has 0 bridgehead atoms. The van der Waals surface area contributed by atoms with Crippen molar-refractivity contribution in [3.63, 3.8) is 0 Å². The zero-order valence-corrected chi connectivity index (χ0v) is 10.4. The van der Waals surface area contributed by atoms with Gasteiger partial charge >= 0.3 is 0 Å². The predicted octanol–water partition coefficient (Wildman–Crippen LogP) is 2.43. The van der Waals surface area contributed by atoms with Crippen molar-refractivity contribution in [3.05, 3.63) is 27.8 Å². The van der Waals surface area contributed by atoms with Gasteiger partial charge < -0.3 is 5.11 Å². The molecule has 0 spiro atoms. The molecule has 0 saturated carbocycles. The summed E-state index contributed by atoms with van der Waals surface area (Å²) in [4.78, 5) is 4.11. The van der Waals surface area contributed by atoms with Crippen LogP contribution in [0.2, 0.25) is 0 Å². The Morgan fingerprint density at radius 2 is 1.40 bits per heavy atom. The lowest BCUT2D eigenvalue weighted by molar-refractivity contribution is -0.269. The first-order valence-corrected chi connectivity index (χ1v) is 5.12. The number of hydrogen-bond donors (Lipinski definition) is 0. The van der Waals surface area contributed by atoms with Crippen LogP contribution < -0.4 is 5.11 Å². The molecule has 0 aliphatic carbocycles. The molecule has 1 aromatic carbocycles. The molecule has 0 fully saturated rings. The standard InChI is InChI=1S/C13H19NO/c1-7-8(2)10(4)13(15)12(9(7)3)11(5)14-6/h15H,1-6H3/p-1. The lowest BCUT2D eigenvalue weighted by Gasteiger charge is -2.23. The average molecular weight is 204 g/mol. The van der Waals surface area contributed by atoms with Gasteiger partial charge in [-0.1, -0.05) is 11.3 Å². The van der Waals surface area contributed by atoms with Crippen LogP contribution in [0.1, 0.15) is 34.7 Å². The molecule has 0 heterocycles. The van der Waals surface area contributed by atoms with Crippen molar-refractivity contribution in [3.8, 4) is 5.75 Å². The highest BCUT2D eigenvalue weighted by Gasteiger charge is 2.10. The zero-order chi connectivity index (χ0) is 11.7. The van der Waals surface area contributed by atoms with Gasteiger partial charge in [0.2, 0.25) is 0 Å². The maximum atomic E-state index is 12.1. The molecule has 1 aromatic rings. The number of aliphatic imine (C=N–C) groups is 1. The highest BCUT2D eigenvalue weighted by Crippen LogP contribution is 2.30. The van der Waals surface area contributed by atoms with Crippen LogP contribution in [0.15, 0.2) is 4.99 Å². The summed E-state index contributed by atoms with van der Waals surface area (Å²) in [7, 11) is 1.72. The fourth-order valence-electron chi connectivity index (χ4n) is 1.83. The molecule has 0 atom stereocenters. The van der Waals surface area contributed by atoms with E-state index in [4.69, 9.17) is 0 Å². The Morgan fingerprint density at radius 3 is 1.87 bits per heavy atom. The molecule has 0 unspecified atom stereocenters. The van der Waals surface area contributed by atoms with Gasteiger partial charge in [-0.2, -0.15) is 0 Å². The summed E-state index contributed by atoms with van der Waals surface area (Å²) in [6.45, 7) is 9.83. The minimum absolute atomic E-state index is 0.124. The third kappa shape index (κ3) is 1.76. The second-order valence-corrected chi connectivity index (χ2v) is 4.01. The van der Waals surface area contributed by atoms with Crippen LogP contribution in [-0.4, -0.2) is 12.8 Å². The first kappa shape index (κ1) is 11.8. The third-order valence-electron chi connectivity index (χ3n) is 3.33. The summed E-state index contributed by atoms with van der Waals surface area (Å²) in [6, 6.07) is 0. The Morgan fingerprint density at radius 1 is 0.933 bits per heavy atom. The molecule has 0 N–H and O–H groups in total. The van der Waals surface area contributed by atoms with E-state index >= 15 is 0 Å². The molecule has 82 valence electrons. The van der Waals surface area contributed by atoms with E-state index < -0.39 is 0 Å². The Labute approximate surface area is 91.7 Å². The van der Waals surface area contributed by atoms with Crippen molar-refractivity contribution in [2.45, 2.75) is 34.6 Å². The van der Waals surface area contributed by atoms with Crippen molar-refractivity contribution in [2.75, 3.05) is 7.05 Å². The number of hydrogen-bond acceptors (Lipinski definition) is 2. The van der Waals surface area contributed by atoms with Gasteiger partial charge in [0.25, 0.3) is 0 Å². The molecule has 0 amide bonds. The summed E-state index contributed by atoms with van der Waals surface area (Å²) in [5.41, 5.74) is 5.80. The fraction of sp³-hybridized carbons (Fsp3) is 0.462. The van der Waals surface area contributed by atoms with E-state index in [1.54, 1.807) is 7.05 Å². The lowest BCUT2D eigenvalue weighted by atomic mass is 9.91.